The second-order valence-electron chi connectivity index (χ2n) is 4.47. The maximum absolute atomic E-state index is 10.1. The van der Waals surface area contributed by atoms with Gasteiger partial charge in [0.25, 0.3) is 0 Å². The fourth-order valence-corrected chi connectivity index (χ4v) is 2.46. The summed E-state index contributed by atoms with van der Waals surface area (Å²) in [5.74, 6) is 0.403. The second kappa shape index (κ2) is 4.77. The summed E-state index contributed by atoms with van der Waals surface area (Å²) in [4.78, 5) is 0. The van der Waals surface area contributed by atoms with Gasteiger partial charge in [-0.2, -0.15) is 0 Å². The number of aliphatic hydroxyl groups excluding tert-OH is 1. The molecule has 2 rings (SSSR count). The Morgan fingerprint density at radius 3 is 2.33 bits per heavy atom. The predicted octanol–water partition coefficient (Wildman–Crippen LogP) is 2.24. The zero-order chi connectivity index (χ0) is 10.7. The monoisotopic (exact) mass is 205 g/mol. The lowest BCUT2D eigenvalue weighted by Gasteiger charge is -2.24. The summed E-state index contributed by atoms with van der Waals surface area (Å²) in [5, 5.41) is 10.1. The SMILES string of the molecule is NC(c1ccccc1)C(O)C1CCCC1. The second-order valence-corrected chi connectivity index (χ2v) is 4.47. The zero-order valence-corrected chi connectivity index (χ0v) is 8.97. The number of aliphatic hydroxyl groups is 1. The van der Waals surface area contributed by atoms with Crippen LogP contribution in [0, 0.1) is 5.92 Å². The van der Waals surface area contributed by atoms with Crippen LogP contribution in [0.4, 0.5) is 0 Å². The summed E-state index contributed by atoms with van der Waals surface area (Å²) in [5.41, 5.74) is 7.11. The molecule has 0 heterocycles. The van der Waals surface area contributed by atoms with E-state index in [1.807, 2.05) is 30.3 Å². The highest BCUT2D eigenvalue weighted by Gasteiger charge is 2.28. The van der Waals surface area contributed by atoms with Crippen LogP contribution in [0.2, 0.25) is 0 Å². The van der Waals surface area contributed by atoms with E-state index in [1.165, 1.54) is 12.8 Å². The van der Waals surface area contributed by atoms with Crippen LogP contribution in [0.1, 0.15) is 37.3 Å². The minimum Gasteiger partial charge on any atom is -0.391 e. The van der Waals surface area contributed by atoms with Crippen molar-refractivity contribution in [1.29, 1.82) is 0 Å². The van der Waals surface area contributed by atoms with Gasteiger partial charge >= 0.3 is 0 Å². The average Bonchev–Trinajstić information content (AvgIpc) is 2.82. The molecule has 1 aromatic rings. The van der Waals surface area contributed by atoms with E-state index >= 15 is 0 Å². The van der Waals surface area contributed by atoms with Crippen LogP contribution in [0.5, 0.6) is 0 Å². The fourth-order valence-electron chi connectivity index (χ4n) is 2.46. The van der Waals surface area contributed by atoms with E-state index in [0.29, 0.717) is 5.92 Å². The molecule has 1 saturated carbocycles. The molecule has 3 N–H and O–H groups in total. The summed E-state index contributed by atoms with van der Waals surface area (Å²) in [6.07, 6.45) is 4.35. The molecule has 1 fully saturated rings. The fraction of sp³-hybridized carbons (Fsp3) is 0.538. The van der Waals surface area contributed by atoms with Gasteiger partial charge < -0.3 is 10.8 Å². The van der Waals surface area contributed by atoms with Crippen molar-refractivity contribution in [3.63, 3.8) is 0 Å². The van der Waals surface area contributed by atoms with Gasteiger partial charge in [0.2, 0.25) is 0 Å². The minimum atomic E-state index is -0.380. The first-order valence-corrected chi connectivity index (χ1v) is 5.77. The summed E-state index contributed by atoms with van der Waals surface area (Å²) in [7, 11) is 0. The molecule has 1 aliphatic carbocycles. The van der Waals surface area contributed by atoms with Crippen molar-refractivity contribution in [2.45, 2.75) is 37.8 Å². The molecule has 2 nitrogen and oxygen atoms in total. The number of nitrogens with two attached hydrogens (primary N) is 1. The third-order valence-electron chi connectivity index (χ3n) is 3.44. The Labute approximate surface area is 91.1 Å². The molecule has 2 unspecified atom stereocenters. The molecular formula is C13H19NO. The Bertz CT molecular complexity index is 293. The van der Waals surface area contributed by atoms with Crippen molar-refractivity contribution in [3.05, 3.63) is 35.9 Å². The van der Waals surface area contributed by atoms with Crippen molar-refractivity contribution in [2.75, 3.05) is 0 Å². The van der Waals surface area contributed by atoms with Crippen molar-refractivity contribution in [2.24, 2.45) is 11.7 Å². The number of hydrogen-bond donors (Lipinski definition) is 2. The van der Waals surface area contributed by atoms with E-state index in [4.69, 9.17) is 5.73 Å². The largest absolute Gasteiger partial charge is 0.391 e. The maximum atomic E-state index is 10.1. The molecule has 0 amide bonds. The van der Waals surface area contributed by atoms with E-state index in [1.54, 1.807) is 0 Å². The lowest BCUT2D eigenvalue weighted by Crippen LogP contribution is -2.31. The molecule has 1 aliphatic rings. The highest BCUT2D eigenvalue weighted by Crippen LogP contribution is 2.32. The molecule has 0 spiro atoms. The third-order valence-corrected chi connectivity index (χ3v) is 3.44. The van der Waals surface area contributed by atoms with Crippen molar-refractivity contribution < 1.29 is 5.11 Å². The normalized spacial score (nSPS) is 21.5. The van der Waals surface area contributed by atoms with Gasteiger partial charge in [0.15, 0.2) is 0 Å². The molecule has 0 saturated heterocycles. The Hall–Kier alpha value is -0.860. The molecule has 0 radical (unpaired) electrons. The molecule has 0 bridgehead atoms. The van der Waals surface area contributed by atoms with Gasteiger partial charge in [-0.1, -0.05) is 43.2 Å². The number of rotatable bonds is 3. The molecule has 0 aromatic heterocycles. The van der Waals surface area contributed by atoms with E-state index in [2.05, 4.69) is 0 Å². The Balaban J connectivity index is 2.03. The van der Waals surface area contributed by atoms with Gasteiger partial charge in [-0.15, -0.1) is 0 Å². The molecule has 0 aliphatic heterocycles. The maximum Gasteiger partial charge on any atom is 0.0760 e. The van der Waals surface area contributed by atoms with Crippen LogP contribution in [0.25, 0.3) is 0 Å². The van der Waals surface area contributed by atoms with Crippen LogP contribution >= 0.6 is 0 Å². The van der Waals surface area contributed by atoms with E-state index in [-0.39, 0.29) is 12.1 Å². The van der Waals surface area contributed by atoms with Gasteiger partial charge in [-0.05, 0) is 24.3 Å². The topological polar surface area (TPSA) is 46.2 Å². The van der Waals surface area contributed by atoms with Crippen molar-refractivity contribution in [1.82, 2.24) is 0 Å². The van der Waals surface area contributed by atoms with Crippen molar-refractivity contribution >= 4 is 0 Å². The first-order valence-electron chi connectivity index (χ1n) is 5.77. The van der Waals surface area contributed by atoms with E-state index < -0.39 is 0 Å². The molecule has 2 atom stereocenters. The first kappa shape index (κ1) is 10.7. The lowest BCUT2D eigenvalue weighted by molar-refractivity contribution is 0.0845. The Morgan fingerprint density at radius 1 is 1.13 bits per heavy atom. The predicted molar refractivity (Wildman–Crippen MR) is 61.3 cm³/mol. The van der Waals surface area contributed by atoms with Crippen LogP contribution < -0.4 is 5.73 Å². The third kappa shape index (κ3) is 2.39. The van der Waals surface area contributed by atoms with Crippen LogP contribution in [0.3, 0.4) is 0 Å². The van der Waals surface area contributed by atoms with Crippen LogP contribution in [-0.2, 0) is 0 Å². The Morgan fingerprint density at radius 2 is 1.73 bits per heavy atom. The van der Waals surface area contributed by atoms with Gasteiger partial charge in [0.05, 0.1) is 12.1 Å². The van der Waals surface area contributed by atoms with Gasteiger partial charge in [-0.3, -0.25) is 0 Å². The van der Waals surface area contributed by atoms with E-state index in [0.717, 1.165) is 18.4 Å². The van der Waals surface area contributed by atoms with Crippen LogP contribution in [0.15, 0.2) is 30.3 Å². The van der Waals surface area contributed by atoms with Gasteiger partial charge in [0, 0.05) is 0 Å². The van der Waals surface area contributed by atoms with E-state index in [9.17, 15) is 5.11 Å². The first-order chi connectivity index (χ1) is 7.29. The highest BCUT2D eigenvalue weighted by atomic mass is 16.3. The van der Waals surface area contributed by atoms with Gasteiger partial charge in [0.1, 0.15) is 0 Å². The molecule has 2 heteroatoms. The number of hydrogen-bond acceptors (Lipinski definition) is 2. The quantitative estimate of drug-likeness (QED) is 0.795. The average molecular weight is 205 g/mol. The molecular weight excluding hydrogens is 186 g/mol. The zero-order valence-electron chi connectivity index (χ0n) is 8.97. The molecule has 15 heavy (non-hydrogen) atoms. The highest BCUT2D eigenvalue weighted by molar-refractivity contribution is 5.19. The smallest absolute Gasteiger partial charge is 0.0760 e. The van der Waals surface area contributed by atoms with Crippen molar-refractivity contribution in [3.8, 4) is 0 Å². The molecule has 1 aromatic carbocycles. The minimum absolute atomic E-state index is 0.228. The summed E-state index contributed by atoms with van der Waals surface area (Å²) >= 11 is 0. The lowest BCUT2D eigenvalue weighted by atomic mass is 9.91. The van der Waals surface area contributed by atoms with Crippen LogP contribution in [-0.4, -0.2) is 11.2 Å². The Kier molecular flexibility index (Phi) is 3.39. The summed E-state index contributed by atoms with van der Waals surface area (Å²) in [6, 6.07) is 9.66. The summed E-state index contributed by atoms with van der Waals surface area (Å²) < 4.78 is 0. The summed E-state index contributed by atoms with van der Waals surface area (Å²) in [6.45, 7) is 0. The standard InChI is InChI=1S/C13H19NO/c14-12(10-6-2-1-3-7-10)13(15)11-8-4-5-9-11/h1-3,6-7,11-13,15H,4-5,8-9,14H2. The van der Waals surface area contributed by atoms with Gasteiger partial charge in [-0.25, -0.2) is 0 Å². The number of benzene rings is 1. The molecule has 82 valence electrons.